The summed E-state index contributed by atoms with van der Waals surface area (Å²) in [4.78, 5) is 0. The van der Waals surface area contributed by atoms with Crippen LogP contribution in [0.5, 0.6) is 0 Å². The summed E-state index contributed by atoms with van der Waals surface area (Å²) in [7, 11) is -5.02. The standard InChI is InChI=1S/2C15H33OSi.Cr.2O/c2*1-13(2)7-10-17(16,11-8-14(3)4)12-9-15(5)6;;;/h2*13-15H,7-12H2,1-6H3;;;/q2*-1;+2;;. The molecule has 0 bridgehead atoms. The maximum absolute atomic E-state index is 14.0. The molecule has 0 aromatic rings. The zero-order chi connectivity index (χ0) is 28.9. The third-order valence-corrected chi connectivity index (χ3v) is 21.2. The van der Waals surface area contributed by atoms with Gasteiger partial charge in [0.25, 0.3) is 0 Å². The van der Waals surface area contributed by atoms with Crippen molar-refractivity contribution in [1.82, 2.24) is 0 Å². The first-order chi connectivity index (χ1) is 16.9. The Kier molecular flexibility index (Phi) is 18.3. The van der Waals surface area contributed by atoms with Crippen LogP contribution in [0.25, 0.3) is 0 Å². The van der Waals surface area contributed by atoms with Crippen molar-refractivity contribution < 1.29 is 28.2 Å². The van der Waals surface area contributed by atoms with E-state index in [1.54, 1.807) is 0 Å². The van der Waals surface area contributed by atoms with Crippen molar-refractivity contribution in [1.29, 1.82) is 0 Å². The molecule has 0 heterocycles. The van der Waals surface area contributed by atoms with Crippen LogP contribution < -0.4 is 0 Å². The van der Waals surface area contributed by atoms with Gasteiger partial charge in [-0.05, 0) is 0 Å². The van der Waals surface area contributed by atoms with Crippen LogP contribution in [0.15, 0.2) is 0 Å². The summed E-state index contributed by atoms with van der Waals surface area (Å²) in [5, 5.41) is 0. The van der Waals surface area contributed by atoms with E-state index >= 15 is 0 Å². The van der Waals surface area contributed by atoms with E-state index in [1.807, 2.05) is 0 Å². The van der Waals surface area contributed by atoms with Gasteiger partial charge in [-0.3, -0.25) is 0 Å². The maximum atomic E-state index is 14.0. The minimum atomic E-state index is -5.01. The third-order valence-electron chi connectivity index (χ3n) is 7.62. The summed E-state index contributed by atoms with van der Waals surface area (Å²) < 4.78 is 41.2. The first-order valence-corrected chi connectivity index (χ1v) is 22.7. The van der Waals surface area contributed by atoms with Crippen LogP contribution in [0.1, 0.15) is 122 Å². The molecule has 0 saturated heterocycles. The van der Waals surface area contributed by atoms with E-state index in [1.165, 1.54) is 0 Å². The number of hydrogen-bond donors (Lipinski definition) is 0. The van der Waals surface area contributed by atoms with Gasteiger partial charge in [0.2, 0.25) is 0 Å². The van der Waals surface area contributed by atoms with E-state index in [-0.39, 0.29) is 0 Å². The van der Waals surface area contributed by atoms with Gasteiger partial charge >= 0.3 is 238 Å². The van der Waals surface area contributed by atoms with E-state index in [0.29, 0.717) is 35.5 Å². The summed E-state index contributed by atoms with van der Waals surface area (Å²) in [5.41, 5.74) is 0. The average molecular weight is 599 g/mol. The van der Waals surface area contributed by atoms with Gasteiger partial charge in [-0.15, -0.1) is 0 Å². The molecule has 0 saturated carbocycles. The summed E-state index contributed by atoms with van der Waals surface area (Å²) in [5.74, 6) is 3.26. The molecule has 0 aliphatic carbocycles. The molecule has 4 nitrogen and oxygen atoms in total. The first kappa shape index (κ1) is 37.5. The Morgan fingerprint density at radius 3 is 0.703 bits per heavy atom. The van der Waals surface area contributed by atoms with E-state index in [4.69, 9.17) is 6.96 Å². The van der Waals surface area contributed by atoms with Gasteiger partial charge < -0.3 is 0 Å². The summed E-state index contributed by atoms with van der Waals surface area (Å²) in [6, 6.07) is 5.56. The molecule has 0 unspecified atom stereocenters. The normalized spacial score (nSPS) is 13.9. The van der Waals surface area contributed by atoms with Gasteiger partial charge in [-0.25, -0.2) is 0 Å². The fraction of sp³-hybridized carbons (Fsp3) is 1.00. The molecule has 0 radical (unpaired) electrons. The predicted octanol–water partition coefficient (Wildman–Crippen LogP) is 10.9. The fourth-order valence-electron chi connectivity index (χ4n) is 4.76. The van der Waals surface area contributed by atoms with Crippen molar-refractivity contribution in [2.24, 2.45) is 35.5 Å². The molecule has 0 rings (SSSR count). The zero-order valence-corrected chi connectivity index (χ0v) is 30.3. The van der Waals surface area contributed by atoms with Crippen molar-refractivity contribution in [2.45, 2.75) is 158 Å². The summed E-state index contributed by atoms with van der Waals surface area (Å²) >= 11 is -5.01. The molecule has 0 fully saturated rings. The van der Waals surface area contributed by atoms with Crippen LogP contribution in [-0.2, 0) is 28.2 Å². The summed E-state index contributed by atoms with van der Waals surface area (Å²) in [6.45, 7) is 26.9. The fourth-order valence-corrected chi connectivity index (χ4v) is 21.3. The molecule has 0 N–H and O–H groups in total. The molecule has 0 amide bonds. The monoisotopic (exact) mass is 598 g/mol. The third kappa shape index (κ3) is 18.5. The van der Waals surface area contributed by atoms with Gasteiger partial charge in [0.15, 0.2) is 0 Å². The van der Waals surface area contributed by atoms with Crippen molar-refractivity contribution in [3.8, 4) is 0 Å². The van der Waals surface area contributed by atoms with Crippen LogP contribution in [0, 0.1) is 35.5 Å². The van der Waals surface area contributed by atoms with Crippen molar-refractivity contribution >= 4 is 16.6 Å². The first-order valence-electron chi connectivity index (χ1n) is 15.6. The van der Waals surface area contributed by atoms with Crippen molar-refractivity contribution in [3.05, 3.63) is 0 Å². The van der Waals surface area contributed by atoms with Crippen LogP contribution >= 0.6 is 0 Å². The molecular formula is C30H66CrO4Si2. The predicted molar refractivity (Wildman–Crippen MR) is 161 cm³/mol. The summed E-state index contributed by atoms with van der Waals surface area (Å²) in [6.07, 6.45) is 6.20. The second-order valence-electron chi connectivity index (χ2n) is 14.5. The molecule has 0 atom stereocenters. The van der Waals surface area contributed by atoms with Gasteiger partial charge in [-0.2, -0.15) is 0 Å². The topological polar surface area (TPSA) is 52.6 Å². The van der Waals surface area contributed by atoms with E-state index < -0.39 is 30.2 Å². The minimum absolute atomic E-state index is 0.544. The van der Waals surface area contributed by atoms with Crippen molar-refractivity contribution in [3.63, 3.8) is 0 Å². The number of hydrogen-bond acceptors (Lipinski definition) is 4. The SMILES string of the molecule is CC(C)CC[Si](CCC(C)C)(CCC(C)C)[O][Cr](=[O])(=[O])[O][Si](CCC(C)C)(CCC(C)C)CCC(C)C. The van der Waals surface area contributed by atoms with Crippen molar-refractivity contribution in [2.75, 3.05) is 0 Å². The molecule has 0 aromatic carbocycles. The Morgan fingerprint density at radius 2 is 0.568 bits per heavy atom. The molecule has 7 heteroatoms. The molecule has 37 heavy (non-hydrogen) atoms. The Morgan fingerprint density at radius 1 is 0.405 bits per heavy atom. The van der Waals surface area contributed by atoms with Gasteiger partial charge in [0, 0.05) is 0 Å². The molecular weight excluding hydrogens is 532 g/mol. The van der Waals surface area contributed by atoms with Crippen LogP contribution in [-0.4, -0.2) is 16.6 Å². The van der Waals surface area contributed by atoms with Crippen LogP contribution in [0.2, 0.25) is 36.3 Å². The Balaban J connectivity index is 6.30. The molecule has 224 valence electrons. The zero-order valence-electron chi connectivity index (χ0n) is 27.0. The Hall–Kier alpha value is 0.486. The van der Waals surface area contributed by atoms with Gasteiger partial charge in [0.1, 0.15) is 0 Å². The number of rotatable bonds is 22. The Labute approximate surface area is 237 Å². The van der Waals surface area contributed by atoms with Crippen LogP contribution in [0.4, 0.5) is 0 Å². The van der Waals surface area contributed by atoms with Gasteiger partial charge in [0.05, 0.1) is 0 Å². The quantitative estimate of drug-likeness (QED) is 0.116. The molecule has 0 spiro atoms. The van der Waals surface area contributed by atoms with E-state index in [0.717, 1.165) is 74.8 Å². The van der Waals surface area contributed by atoms with Crippen LogP contribution in [0.3, 0.4) is 0 Å². The van der Waals surface area contributed by atoms with E-state index in [2.05, 4.69) is 83.1 Å². The Bertz CT molecular complexity index is 573. The molecule has 0 aromatic heterocycles. The average Bonchev–Trinajstić information content (AvgIpc) is 2.75. The molecule has 0 aliphatic heterocycles. The van der Waals surface area contributed by atoms with Gasteiger partial charge in [-0.1, -0.05) is 0 Å². The van der Waals surface area contributed by atoms with E-state index in [9.17, 15) is 7.61 Å². The second kappa shape index (κ2) is 18.0. The molecule has 0 aliphatic rings. The second-order valence-corrected chi connectivity index (χ2v) is 25.4.